The molecule has 152 valence electrons. The van der Waals surface area contributed by atoms with Crippen LogP contribution in [0.3, 0.4) is 0 Å². The van der Waals surface area contributed by atoms with Crippen LogP contribution in [-0.4, -0.2) is 39.2 Å². The minimum atomic E-state index is -0.467. The van der Waals surface area contributed by atoms with E-state index in [1.807, 2.05) is 31.2 Å². The van der Waals surface area contributed by atoms with Gasteiger partial charge in [0, 0.05) is 32.0 Å². The zero-order chi connectivity index (χ0) is 20.4. The summed E-state index contributed by atoms with van der Waals surface area (Å²) in [4.78, 5) is 15.8. The number of carbonyl (C=O) groups is 1. The fourth-order valence-electron chi connectivity index (χ4n) is 2.76. The highest BCUT2D eigenvalue weighted by atomic mass is 16.5. The number of ether oxygens (including phenoxy) is 3. The molecule has 1 aliphatic rings. The van der Waals surface area contributed by atoms with Gasteiger partial charge in [-0.25, -0.2) is 4.99 Å². The van der Waals surface area contributed by atoms with E-state index in [0.29, 0.717) is 29.4 Å². The van der Waals surface area contributed by atoms with Crippen molar-refractivity contribution >= 4 is 11.8 Å². The number of nitrogens with zero attached hydrogens (tertiary/aromatic N) is 1. The lowest BCUT2D eigenvalue weighted by Crippen LogP contribution is -2.20. The van der Waals surface area contributed by atoms with Crippen molar-refractivity contribution < 1.29 is 19.0 Å². The Morgan fingerprint density at radius 2 is 2.14 bits per heavy atom. The third-order valence-electron chi connectivity index (χ3n) is 4.37. The number of benzene rings is 1. The van der Waals surface area contributed by atoms with E-state index < -0.39 is 5.91 Å². The van der Waals surface area contributed by atoms with Crippen LogP contribution >= 0.6 is 0 Å². The van der Waals surface area contributed by atoms with Crippen molar-refractivity contribution in [3.63, 3.8) is 0 Å². The average Bonchev–Trinajstić information content (AvgIpc) is 2.66. The standard InChI is InChI=1S/C21H29N3O4/c1-15-6-4-7-20(24-14-17(15)21(22)25)28-18-9-8-16(12-19(18)27-3)13-23-10-5-11-26-2/h4,7-9,12,14-15,23H,5-6,10-11,13H2,1-3H3,(H2,22,25)/b7-4+,17-14+,24-20-. The molecule has 0 aromatic heterocycles. The number of allylic oxidation sites excluding steroid dienone is 1. The predicted octanol–water partition coefficient (Wildman–Crippen LogP) is 2.56. The molecule has 1 aliphatic heterocycles. The van der Waals surface area contributed by atoms with Gasteiger partial charge in [-0.05, 0) is 49.1 Å². The molecule has 1 atom stereocenters. The van der Waals surface area contributed by atoms with E-state index in [-0.39, 0.29) is 5.92 Å². The highest BCUT2D eigenvalue weighted by molar-refractivity contribution is 5.94. The fourth-order valence-corrected chi connectivity index (χ4v) is 2.76. The van der Waals surface area contributed by atoms with Gasteiger partial charge < -0.3 is 25.3 Å². The van der Waals surface area contributed by atoms with Gasteiger partial charge in [0.25, 0.3) is 0 Å². The molecule has 1 aromatic rings. The molecule has 0 aliphatic carbocycles. The van der Waals surface area contributed by atoms with Crippen LogP contribution in [0.2, 0.25) is 0 Å². The monoisotopic (exact) mass is 387 g/mol. The summed E-state index contributed by atoms with van der Waals surface area (Å²) in [5, 5.41) is 3.36. The van der Waals surface area contributed by atoms with Crippen LogP contribution in [-0.2, 0) is 16.1 Å². The lowest BCUT2D eigenvalue weighted by atomic mass is 9.97. The SMILES string of the molecule is COCCCNCc1ccc(OC2=N\C=C(\C(N)=O)C(C)C\C=C\2)c(OC)c1. The third-order valence-corrected chi connectivity index (χ3v) is 4.37. The number of carbonyl (C=O) groups excluding carboxylic acids is 1. The zero-order valence-electron chi connectivity index (χ0n) is 16.7. The summed E-state index contributed by atoms with van der Waals surface area (Å²) in [6, 6.07) is 5.75. The molecule has 2 rings (SSSR count). The summed E-state index contributed by atoms with van der Waals surface area (Å²) in [6.07, 6.45) is 6.83. The Kier molecular flexibility index (Phi) is 8.71. The van der Waals surface area contributed by atoms with Crippen LogP contribution < -0.4 is 20.5 Å². The summed E-state index contributed by atoms with van der Waals surface area (Å²) in [5.41, 5.74) is 6.99. The molecular formula is C21H29N3O4. The molecule has 0 spiro atoms. The minimum absolute atomic E-state index is 0.0178. The number of nitrogens with one attached hydrogen (secondary N) is 1. The van der Waals surface area contributed by atoms with Gasteiger partial charge in [0.15, 0.2) is 11.5 Å². The smallest absolute Gasteiger partial charge is 0.246 e. The van der Waals surface area contributed by atoms with Crippen molar-refractivity contribution in [2.45, 2.75) is 26.3 Å². The normalized spacial score (nSPS) is 21.5. The zero-order valence-corrected chi connectivity index (χ0v) is 16.7. The van der Waals surface area contributed by atoms with E-state index in [9.17, 15) is 4.79 Å². The topological polar surface area (TPSA) is 95.2 Å². The van der Waals surface area contributed by atoms with Gasteiger partial charge in [0.2, 0.25) is 11.8 Å². The van der Waals surface area contributed by atoms with E-state index in [1.54, 1.807) is 20.3 Å². The van der Waals surface area contributed by atoms with E-state index in [4.69, 9.17) is 19.9 Å². The maximum absolute atomic E-state index is 11.6. The molecule has 1 amide bonds. The van der Waals surface area contributed by atoms with Crippen LogP contribution in [0.1, 0.15) is 25.3 Å². The summed E-state index contributed by atoms with van der Waals surface area (Å²) in [7, 11) is 3.30. The Morgan fingerprint density at radius 1 is 1.32 bits per heavy atom. The van der Waals surface area contributed by atoms with Crippen molar-refractivity contribution in [1.82, 2.24) is 5.32 Å². The Hall–Kier alpha value is -2.64. The van der Waals surface area contributed by atoms with Gasteiger partial charge in [0.05, 0.1) is 7.11 Å². The van der Waals surface area contributed by atoms with Gasteiger partial charge in [-0.3, -0.25) is 4.79 Å². The molecule has 28 heavy (non-hydrogen) atoms. The summed E-state index contributed by atoms with van der Waals surface area (Å²) in [6.45, 7) is 4.28. The number of hydrogen-bond donors (Lipinski definition) is 2. The van der Waals surface area contributed by atoms with Gasteiger partial charge in [-0.15, -0.1) is 0 Å². The maximum atomic E-state index is 11.6. The Morgan fingerprint density at radius 3 is 2.86 bits per heavy atom. The molecule has 0 bridgehead atoms. The summed E-state index contributed by atoms with van der Waals surface area (Å²) < 4.78 is 16.4. The first-order valence-electron chi connectivity index (χ1n) is 9.33. The Labute approximate surface area is 166 Å². The molecule has 1 unspecified atom stereocenters. The van der Waals surface area contributed by atoms with Gasteiger partial charge in [0.1, 0.15) is 0 Å². The van der Waals surface area contributed by atoms with Crippen LogP contribution in [0.4, 0.5) is 0 Å². The molecule has 0 saturated heterocycles. The first-order valence-corrected chi connectivity index (χ1v) is 9.33. The van der Waals surface area contributed by atoms with Crippen LogP contribution in [0.25, 0.3) is 0 Å². The number of amides is 1. The van der Waals surface area contributed by atoms with Crippen LogP contribution in [0, 0.1) is 5.92 Å². The van der Waals surface area contributed by atoms with Gasteiger partial charge in [-0.1, -0.05) is 19.1 Å². The largest absolute Gasteiger partial charge is 0.493 e. The maximum Gasteiger partial charge on any atom is 0.246 e. The third kappa shape index (κ3) is 6.51. The second kappa shape index (κ2) is 11.3. The quantitative estimate of drug-likeness (QED) is 0.635. The van der Waals surface area contributed by atoms with Crippen molar-refractivity contribution in [3.8, 4) is 11.5 Å². The predicted molar refractivity (Wildman–Crippen MR) is 109 cm³/mol. The van der Waals surface area contributed by atoms with Gasteiger partial charge in [-0.2, -0.15) is 0 Å². The lowest BCUT2D eigenvalue weighted by molar-refractivity contribution is -0.115. The highest BCUT2D eigenvalue weighted by Gasteiger charge is 2.15. The van der Waals surface area contributed by atoms with Crippen LogP contribution in [0.15, 0.2) is 47.1 Å². The van der Waals surface area contributed by atoms with E-state index in [1.165, 1.54) is 6.20 Å². The average molecular weight is 387 g/mol. The highest BCUT2D eigenvalue weighted by Crippen LogP contribution is 2.29. The second-order valence-electron chi connectivity index (χ2n) is 6.57. The molecule has 7 nitrogen and oxygen atoms in total. The fraction of sp³-hybridized carbons (Fsp3) is 0.429. The molecule has 3 N–H and O–H groups in total. The van der Waals surface area contributed by atoms with Crippen LogP contribution in [0.5, 0.6) is 11.5 Å². The Balaban J connectivity index is 2.09. The van der Waals surface area contributed by atoms with Crippen molar-refractivity contribution in [3.05, 3.63) is 47.7 Å². The number of aliphatic imine (C=N–C) groups is 1. The molecular weight excluding hydrogens is 358 g/mol. The minimum Gasteiger partial charge on any atom is -0.493 e. The molecule has 7 heteroatoms. The number of primary amides is 1. The van der Waals surface area contributed by atoms with Crippen molar-refractivity contribution in [2.75, 3.05) is 27.4 Å². The summed E-state index contributed by atoms with van der Waals surface area (Å²) in [5.74, 6) is 1.09. The van der Waals surface area contributed by atoms with E-state index in [0.717, 1.165) is 31.7 Å². The molecule has 1 aromatic carbocycles. The van der Waals surface area contributed by atoms with E-state index >= 15 is 0 Å². The van der Waals surface area contributed by atoms with Crippen molar-refractivity contribution in [1.29, 1.82) is 0 Å². The molecule has 0 fully saturated rings. The first kappa shape index (κ1) is 21.7. The van der Waals surface area contributed by atoms with Gasteiger partial charge >= 0.3 is 0 Å². The van der Waals surface area contributed by atoms with E-state index in [2.05, 4.69) is 10.3 Å². The number of rotatable bonds is 9. The molecule has 0 radical (unpaired) electrons. The van der Waals surface area contributed by atoms with Crippen molar-refractivity contribution in [2.24, 2.45) is 16.6 Å². The summed E-state index contributed by atoms with van der Waals surface area (Å²) >= 11 is 0. The molecule has 1 heterocycles. The first-order chi connectivity index (χ1) is 13.5. The number of methoxy groups -OCH3 is 2. The lowest BCUT2D eigenvalue weighted by Gasteiger charge is -2.14. The Bertz CT molecular complexity index is 756. The second-order valence-corrected chi connectivity index (χ2v) is 6.57. The number of hydrogen-bond acceptors (Lipinski definition) is 6. The molecule has 0 saturated carbocycles. The number of nitrogens with two attached hydrogens (primary N) is 1.